The van der Waals surface area contributed by atoms with E-state index in [4.69, 9.17) is 22.1 Å². The largest absolute Gasteiger partial charge is 0.497 e. The summed E-state index contributed by atoms with van der Waals surface area (Å²) in [5.41, 5.74) is 6.70. The van der Waals surface area contributed by atoms with Crippen LogP contribution < -0.4 is 15.8 Å². The third-order valence-electron chi connectivity index (χ3n) is 3.30. The average molecular weight is 315 g/mol. The van der Waals surface area contributed by atoms with E-state index >= 15 is 0 Å². The Kier molecular flexibility index (Phi) is 3.98. The summed E-state index contributed by atoms with van der Waals surface area (Å²) in [6.45, 7) is 0.620. The number of methoxy groups -OCH3 is 1. The van der Waals surface area contributed by atoms with Crippen molar-refractivity contribution in [2.45, 2.75) is 6.54 Å². The summed E-state index contributed by atoms with van der Waals surface area (Å²) in [5.74, 6) is 1.61. The molecule has 0 bridgehead atoms. The van der Waals surface area contributed by atoms with E-state index in [1.54, 1.807) is 13.2 Å². The molecule has 1 heterocycles. The quantitative estimate of drug-likeness (QED) is 0.721. The van der Waals surface area contributed by atoms with Gasteiger partial charge in [0.15, 0.2) is 0 Å². The van der Waals surface area contributed by atoms with Crippen molar-refractivity contribution in [3.8, 4) is 5.75 Å². The molecule has 6 heteroatoms. The molecule has 112 valence electrons. The van der Waals surface area contributed by atoms with Crippen molar-refractivity contribution in [1.29, 1.82) is 0 Å². The fourth-order valence-electron chi connectivity index (χ4n) is 2.23. The van der Waals surface area contributed by atoms with Crippen LogP contribution in [-0.4, -0.2) is 17.1 Å². The zero-order chi connectivity index (χ0) is 15.5. The van der Waals surface area contributed by atoms with Crippen LogP contribution in [0.15, 0.2) is 42.5 Å². The number of ether oxygens (including phenoxy) is 1. The number of nitrogen functional groups attached to an aromatic ring is 1. The van der Waals surface area contributed by atoms with Crippen molar-refractivity contribution in [1.82, 2.24) is 9.97 Å². The maximum Gasteiger partial charge on any atom is 0.223 e. The van der Waals surface area contributed by atoms with E-state index in [9.17, 15) is 0 Å². The molecule has 0 atom stereocenters. The van der Waals surface area contributed by atoms with Crippen molar-refractivity contribution in [3.05, 3.63) is 53.2 Å². The second kappa shape index (κ2) is 6.07. The van der Waals surface area contributed by atoms with Gasteiger partial charge in [-0.1, -0.05) is 29.8 Å². The highest BCUT2D eigenvalue weighted by Crippen LogP contribution is 2.22. The van der Waals surface area contributed by atoms with Crippen LogP contribution in [0, 0.1) is 0 Å². The topological polar surface area (TPSA) is 73.1 Å². The lowest BCUT2D eigenvalue weighted by molar-refractivity contribution is 0.415. The Morgan fingerprint density at radius 3 is 2.64 bits per heavy atom. The Balaban J connectivity index is 1.79. The van der Waals surface area contributed by atoms with E-state index in [1.807, 2.05) is 18.2 Å². The summed E-state index contributed by atoms with van der Waals surface area (Å²) in [4.78, 5) is 7.92. The Morgan fingerprint density at radius 1 is 1.09 bits per heavy atom. The standard InChI is InChI=1S/C16H15ClN4O/c1-22-13-5-4-11-6-10(2-3-12(11)7-13)9-19-15-8-14(17)20-16(18)21-15/h2-8H,9H2,1H3,(H3,18,19,20,21). The van der Waals surface area contributed by atoms with E-state index in [0.29, 0.717) is 17.5 Å². The minimum Gasteiger partial charge on any atom is -0.497 e. The van der Waals surface area contributed by atoms with Gasteiger partial charge in [0.2, 0.25) is 5.95 Å². The minimum absolute atomic E-state index is 0.153. The Labute approximate surface area is 133 Å². The molecule has 0 fully saturated rings. The average Bonchev–Trinajstić information content (AvgIpc) is 2.51. The predicted molar refractivity (Wildman–Crippen MR) is 89.3 cm³/mol. The summed E-state index contributed by atoms with van der Waals surface area (Å²) >= 11 is 5.86. The molecule has 0 amide bonds. The van der Waals surface area contributed by atoms with Gasteiger partial charge in [-0.25, -0.2) is 4.98 Å². The van der Waals surface area contributed by atoms with E-state index in [1.165, 1.54) is 0 Å². The van der Waals surface area contributed by atoms with E-state index in [0.717, 1.165) is 22.1 Å². The number of nitrogens with one attached hydrogen (secondary N) is 1. The van der Waals surface area contributed by atoms with Gasteiger partial charge in [0.1, 0.15) is 16.7 Å². The lowest BCUT2D eigenvalue weighted by atomic mass is 10.1. The normalized spacial score (nSPS) is 10.6. The van der Waals surface area contributed by atoms with E-state index < -0.39 is 0 Å². The number of anilines is 2. The molecule has 1 aromatic heterocycles. The first-order chi connectivity index (χ1) is 10.6. The van der Waals surface area contributed by atoms with Gasteiger partial charge in [0, 0.05) is 12.6 Å². The zero-order valence-electron chi connectivity index (χ0n) is 12.0. The van der Waals surface area contributed by atoms with Crippen LogP contribution in [0.2, 0.25) is 5.15 Å². The number of hydrogen-bond donors (Lipinski definition) is 2. The highest BCUT2D eigenvalue weighted by Gasteiger charge is 2.02. The van der Waals surface area contributed by atoms with Gasteiger partial charge in [0.05, 0.1) is 7.11 Å². The lowest BCUT2D eigenvalue weighted by Gasteiger charge is -2.08. The van der Waals surface area contributed by atoms with Gasteiger partial charge >= 0.3 is 0 Å². The molecule has 3 rings (SSSR count). The maximum atomic E-state index is 5.86. The Bertz CT molecular complexity index is 802. The summed E-state index contributed by atoms with van der Waals surface area (Å²) in [6, 6.07) is 13.9. The van der Waals surface area contributed by atoms with Gasteiger partial charge in [0.25, 0.3) is 0 Å². The smallest absolute Gasteiger partial charge is 0.223 e. The number of halogens is 1. The zero-order valence-corrected chi connectivity index (χ0v) is 12.8. The minimum atomic E-state index is 0.153. The van der Waals surface area contributed by atoms with E-state index in [2.05, 4.69) is 33.5 Å². The molecule has 2 aromatic carbocycles. The van der Waals surface area contributed by atoms with Crippen molar-refractivity contribution < 1.29 is 4.74 Å². The number of hydrogen-bond acceptors (Lipinski definition) is 5. The molecule has 0 unspecified atom stereocenters. The second-order valence-electron chi connectivity index (χ2n) is 4.84. The van der Waals surface area contributed by atoms with Gasteiger partial charge in [-0.15, -0.1) is 0 Å². The van der Waals surface area contributed by atoms with Gasteiger partial charge in [-0.05, 0) is 34.5 Å². The van der Waals surface area contributed by atoms with Crippen molar-refractivity contribution >= 4 is 34.1 Å². The summed E-state index contributed by atoms with van der Waals surface area (Å²) in [6.07, 6.45) is 0. The maximum absolute atomic E-state index is 5.86. The number of benzene rings is 2. The first-order valence-corrected chi connectivity index (χ1v) is 7.12. The number of aromatic nitrogens is 2. The van der Waals surface area contributed by atoms with Crippen LogP contribution in [0.3, 0.4) is 0 Å². The van der Waals surface area contributed by atoms with Crippen molar-refractivity contribution in [2.75, 3.05) is 18.2 Å². The molecule has 0 saturated carbocycles. The first-order valence-electron chi connectivity index (χ1n) is 6.74. The highest BCUT2D eigenvalue weighted by atomic mass is 35.5. The van der Waals surface area contributed by atoms with Crippen LogP contribution >= 0.6 is 11.6 Å². The number of nitrogens with zero attached hydrogens (tertiary/aromatic N) is 2. The molecule has 0 aliphatic carbocycles. The third kappa shape index (κ3) is 3.20. The predicted octanol–water partition coefficient (Wildman–Crippen LogP) is 3.49. The molecule has 5 nitrogen and oxygen atoms in total. The fraction of sp³-hybridized carbons (Fsp3) is 0.125. The fourth-order valence-corrected chi connectivity index (χ4v) is 2.42. The van der Waals surface area contributed by atoms with Crippen LogP contribution in [0.5, 0.6) is 5.75 Å². The number of rotatable bonds is 4. The monoisotopic (exact) mass is 314 g/mol. The SMILES string of the molecule is COc1ccc2cc(CNc3cc(Cl)nc(N)n3)ccc2c1. The van der Waals surface area contributed by atoms with Crippen LogP contribution in [0.4, 0.5) is 11.8 Å². The number of nitrogens with two attached hydrogens (primary N) is 1. The molecule has 3 aromatic rings. The lowest BCUT2D eigenvalue weighted by Crippen LogP contribution is -2.04. The molecule has 0 saturated heterocycles. The first kappa shape index (κ1) is 14.4. The van der Waals surface area contributed by atoms with Gasteiger partial charge < -0.3 is 15.8 Å². The Morgan fingerprint density at radius 2 is 1.86 bits per heavy atom. The summed E-state index contributed by atoms with van der Waals surface area (Å²) < 4.78 is 5.23. The molecule has 0 spiro atoms. The molecule has 3 N–H and O–H groups in total. The van der Waals surface area contributed by atoms with Gasteiger partial charge in [-0.3, -0.25) is 0 Å². The highest BCUT2D eigenvalue weighted by molar-refractivity contribution is 6.29. The van der Waals surface area contributed by atoms with Gasteiger partial charge in [-0.2, -0.15) is 4.98 Å². The van der Waals surface area contributed by atoms with Crippen LogP contribution in [-0.2, 0) is 6.54 Å². The van der Waals surface area contributed by atoms with Crippen LogP contribution in [0.1, 0.15) is 5.56 Å². The van der Waals surface area contributed by atoms with Crippen molar-refractivity contribution in [3.63, 3.8) is 0 Å². The number of fused-ring (bicyclic) bond motifs is 1. The third-order valence-corrected chi connectivity index (χ3v) is 3.49. The van der Waals surface area contributed by atoms with Crippen molar-refractivity contribution in [2.24, 2.45) is 0 Å². The molecule has 0 aliphatic rings. The van der Waals surface area contributed by atoms with Crippen LogP contribution in [0.25, 0.3) is 10.8 Å². The molecule has 0 radical (unpaired) electrons. The molecule has 0 aliphatic heterocycles. The molecular formula is C16H15ClN4O. The molecule has 22 heavy (non-hydrogen) atoms. The second-order valence-corrected chi connectivity index (χ2v) is 5.22. The summed E-state index contributed by atoms with van der Waals surface area (Å²) in [5, 5.41) is 5.80. The van der Waals surface area contributed by atoms with E-state index in [-0.39, 0.29) is 5.95 Å². The Hall–Kier alpha value is -2.53. The summed E-state index contributed by atoms with van der Waals surface area (Å²) in [7, 11) is 1.66. The molecular weight excluding hydrogens is 300 g/mol.